The van der Waals surface area contributed by atoms with Crippen LogP contribution < -0.4 is 32.7 Å². The average molecular weight is 724 g/mol. The van der Waals surface area contributed by atoms with Gasteiger partial charge in [-0.3, -0.25) is 24.2 Å². The van der Waals surface area contributed by atoms with Crippen molar-refractivity contribution >= 4 is 35.6 Å². The van der Waals surface area contributed by atoms with E-state index in [0.29, 0.717) is 25.7 Å². The van der Waals surface area contributed by atoms with Gasteiger partial charge in [0, 0.05) is 13.0 Å². The van der Waals surface area contributed by atoms with Crippen LogP contribution in [0.1, 0.15) is 163 Å². The van der Waals surface area contributed by atoms with Gasteiger partial charge in [0.15, 0.2) is 5.96 Å². The Morgan fingerprint density at radius 2 is 1.16 bits per heavy atom. The lowest BCUT2D eigenvalue weighted by Crippen LogP contribution is -2.57. The van der Waals surface area contributed by atoms with Crippen LogP contribution in [0.3, 0.4) is 0 Å². The molecule has 0 aliphatic rings. The molecule has 4 amide bonds. The average Bonchev–Trinajstić information content (AvgIpc) is 3.07. The van der Waals surface area contributed by atoms with Crippen LogP contribution in [0, 0.1) is 11.8 Å². The summed E-state index contributed by atoms with van der Waals surface area (Å²) >= 11 is 0. The first kappa shape index (κ1) is 47.6. The maximum atomic E-state index is 13.4. The van der Waals surface area contributed by atoms with E-state index in [1.165, 1.54) is 77.0 Å². The number of guanidine groups is 1. The number of hydrogen-bond donors (Lipinski definition) is 7. The smallest absolute Gasteiger partial charge is 0.326 e. The van der Waals surface area contributed by atoms with Gasteiger partial charge in [-0.1, -0.05) is 131 Å². The minimum atomic E-state index is -1.22. The SMILES string of the molecule is CCCCCCCCCCCCCCCCCC(=O)N[C@@H](CC(C)C)C(=O)N[C@H](C(=O)NCC(=O)N[C@@H](CCCN=C(N)N)C(=O)O)[C@@H](C)CC. The Hall–Kier alpha value is -3.38. The Labute approximate surface area is 308 Å². The molecule has 51 heavy (non-hydrogen) atoms. The quantitative estimate of drug-likeness (QED) is 0.0282. The van der Waals surface area contributed by atoms with E-state index in [1.807, 2.05) is 27.7 Å². The lowest BCUT2D eigenvalue weighted by atomic mass is 9.96. The second kappa shape index (κ2) is 30.3. The Morgan fingerprint density at radius 3 is 1.63 bits per heavy atom. The van der Waals surface area contributed by atoms with Crippen molar-refractivity contribution in [1.82, 2.24) is 21.3 Å². The molecule has 0 radical (unpaired) electrons. The summed E-state index contributed by atoms with van der Waals surface area (Å²) in [7, 11) is 0. The van der Waals surface area contributed by atoms with Crippen molar-refractivity contribution in [3.05, 3.63) is 0 Å². The van der Waals surface area contributed by atoms with Gasteiger partial charge in [-0.2, -0.15) is 0 Å². The molecule has 0 fully saturated rings. The Kier molecular flexibility index (Phi) is 28.3. The number of nitrogens with two attached hydrogens (primary N) is 2. The zero-order valence-corrected chi connectivity index (χ0v) is 32.5. The predicted molar refractivity (Wildman–Crippen MR) is 205 cm³/mol. The third-order valence-electron chi connectivity index (χ3n) is 9.16. The number of unbranched alkanes of at least 4 members (excludes halogenated alkanes) is 14. The summed E-state index contributed by atoms with van der Waals surface area (Å²) in [5, 5.41) is 20.1. The summed E-state index contributed by atoms with van der Waals surface area (Å²) in [4.78, 5) is 67.3. The summed E-state index contributed by atoms with van der Waals surface area (Å²) in [6.45, 7) is 9.62. The molecular weight excluding hydrogens is 650 g/mol. The summed E-state index contributed by atoms with van der Waals surface area (Å²) in [5.74, 6) is -3.37. The van der Waals surface area contributed by atoms with Crippen molar-refractivity contribution in [3.63, 3.8) is 0 Å². The van der Waals surface area contributed by atoms with Gasteiger partial charge in [0.1, 0.15) is 18.1 Å². The molecular formula is C38H73N7O6. The molecule has 0 saturated heterocycles. The van der Waals surface area contributed by atoms with Gasteiger partial charge >= 0.3 is 5.97 Å². The lowest BCUT2D eigenvalue weighted by Gasteiger charge is -2.27. The van der Waals surface area contributed by atoms with Gasteiger partial charge in [-0.05, 0) is 37.5 Å². The third-order valence-corrected chi connectivity index (χ3v) is 9.16. The molecule has 0 rings (SSSR count). The molecule has 0 bridgehead atoms. The molecule has 0 aromatic carbocycles. The van der Waals surface area contributed by atoms with Crippen molar-refractivity contribution in [1.29, 1.82) is 0 Å². The van der Waals surface area contributed by atoms with Crippen LogP contribution in [-0.2, 0) is 24.0 Å². The van der Waals surface area contributed by atoms with Crippen LogP contribution in [-0.4, -0.2) is 71.9 Å². The van der Waals surface area contributed by atoms with Crippen LogP contribution in [0.4, 0.5) is 0 Å². The van der Waals surface area contributed by atoms with Crippen molar-refractivity contribution < 1.29 is 29.1 Å². The van der Waals surface area contributed by atoms with Crippen LogP contribution in [0.25, 0.3) is 0 Å². The van der Waals surface area contributed by atoms with Gasteiger partial charge in [0.05, 0.1) is 6.54 Å². The van der Waals surface area contributed by atoms with E-state index in [1.54, 1.807) is 0 Å². The van der Waals surface area contributed by atoms with Crippen LogP contribution >= 0.6 is 0 Å². The van der Waals surface area contributed by atoms with Crippen molar-refractivity contribution in [2.45, 2.75) is 181 Å². The lowest BCUT2D eigenvalue weighted by molar-refractivity contribution is -0.142. The first-order valence-electron chi connectivity index (χ1n) is 19.8. The number of rotatable bonds is 32. The Morgan fingerprint density at radius 1 is 0.647 bits per heavy atom. The summed E-state index contributed by atoms with van der Waals surface area (Å²) in [6, 6.07) is -2.93. The highest BCUT2D eigenvalue weighted by atomic mass is 16.4. The molecule has 0 aromatic rings. The fourth-order valence-corrected chi connectivity index (χ4v) is 5.87. The highest BCUT2D eigenvalue weighted by Crippen LogP contribution is 2.15. The van der Waals surface area contributed by atoms with Gasteiger partial charge < -0.3 is 37.8 Å². The second-order valence-corrected chi connectivity index (χ2v) is 14.4. The summed E-state index contributed by atoms with van der Waals surface area (Å²) < 4.78 is 0. The summed E-state index contributed by atoms with van der Waals surface area (Å²) in [6.07, 6.45) is 20.4. The summed E-state index contributed by atoms with van der Waals surface area (Å²) in [5.41, 5.74) is 10.6. The number of aliphatic carboxylic acids is 1. The van der Waals surface area contributed by atoms with Crippen LogP contribution in [0.15, 0.2) is 4.99 Å². The fourth-order valence-electron chi connectivity index (χ4n) is 5.87. The van der Waals surface area contributed by atoms with E-state index in [9.17, 15) is 29.1 Å². The number of nitrogens with zero attached hydrogens (tertiary/aromatic N) is 1. The number of carboxylic acids is 1. The Balaban J connectivity index is 4.72. The molecule has 0 aliphatic carbocycles. The van der Waals surface area contributed by atoms with E-state index >= 15 is 0 Å². The molecule has 0 unspecified atom stereocenters. The zero-order valence-electron chi connectivity index (χ0n) is 32.5. The monoisotopic (exact) mass is 724 g/mol. The minimum Gasteiger partial charge on any atom is -0.480 e. The number of carbonyl (C=O) groups excluding carboxylic acids is 4. The number of carboxylic acid groups (broad SMARTS) is 1. The molecule has 9 N–H and O–H groups in total. The fraction of sp³-hybridized carbons (Fsp3) is 0.842. The number of amides is 4. The van der Waals surface area contributed by atoms with Gasteiger partial charge in [-0.15, -0.1) is 0 Å². The molecule has 0 spiro atoms. The third kappa shape index (κ3) is 26.1. The molecule has 0 saturated carbocycles. The molecule has 0 aromatic heterocycles. The Bertz CT molecular complexity index is 1020. The van der Waals surface area contributed by atoms with E-state index in [2.05, 4.69) is 33.2 Å². The van der Waals surface area contributed by atoms with Crippen LogP contribution in [0.2, 0.25) is 0 Å². The van der Waals surface area contributed by atoms with Crippen molar-refractivity contribution in [2.24, 2.45) is 28.3 Å². The molecule has 0 aliphatic heterocycles. The number of nitrogens with one attached hydrogen (secondary N) is 4. The van der Waals surface area contributed by atoms with Crippen molar-refractivity contribution in [2.75, 3.05) is 13.1 Å². The zero-order chi connectivity index (χ0) is 38.4. The van der Waals surface area contributed by atoms with Crippen LogP contribution in [0.5, 0.6) is 0 Å². The molecule has 296 valence electrons. The molecule has 0 heterocycles. The number of hydrogen-bond acceptors (Lipinski definition) is 6. The van der Waals surface area contributed by atoms with E-state index in [-0.39, 0.29) is 36.7 Å². The molecule has 13 nitrogen and oxygen atoms in total. The number of aliphatic imine (C=N–C) groups is 1. The first-order valence-corrected chi connectivity index (χ1v) is 19.8. The maximum Gasteiger partial charge on any atom is 0.326 e. The van der Waals surface area contributed by atoms with Gasteiger partial charge in [0.2, 0.25) is 23.6 Å². The highest BCUT2D eigenvalue weighted by Gasteiger charge is 2.30. The predicted octanol–water partition coefficient (Wildman–Crippen LogP) is 5.05. The topological polar surface area (TPSA) is 218 Å². The maximum absolute atomic E-state index is 13.4. The normalized spacial score (nSPS) is 13.5. The van der Waals surface area contributed by atoms with Crippen molar-refractivity contribution in [3.8, 4) is 0 Å². The number of carbonyl (C=O) groups is 5. The molecule has 4 atom stereocenters. The highest BCUT2D eigenvalue weighted by molar-refractivity contribution is 5.94. The van der Waals surface area contributed by atoms with E-state index < -0.39 is 48.4 Å². The van der Waals surface area contributed by atoms with E-state index in [0.717, 1.165) is 19.3 Å². The van der Waals surface area contributed by atoms with Gasteiger partial charge in [-0.25, -0.2) is 4.79 Å². The largest absolute Gasteiger partial charge is 0.480 e. The van der Waals surface area contributed by atoms with E-state index in [4.69, 9.17) is 11.5 Å². The second-order valence-electron chi connectivity index (χ2n) is 14.4. The first-order chi connectivity index (χ1) is 24.3. The standard InChI is InChI=1S/C38H73N7O6/c1-6-8-9-10-11-12-13-14-15-16-17-18-19-20-21-24-32(46)44-31(26-28(3)4)35(48)45-34(29(5)7-2)36(49)42-27-33(47)43-30(37(50)51)23-22-25-41-38(39)40/h28-31,34H,6-27H2,1-5H3,(H,42,49)(H,43,47)(H,44,46)(H,45,48)(H,50,51)(H4,39,40,41)/t29-,30-,31-,34-/m0/s1. The van der Waals surface area contributed by atoms with Gasteiger partial charge in [0.25, 0.3) is 0 Å². The minimum absolute atomic E-state index is 0.0970. The molecule has 13 heteroatoms.